The minimum atomic E-state index is -0.645. The second kappa shape index (κ2) is 10.1. The minimum Gasteiger partial charge on any atom is -0.352 e. The molecule has 1 unspecified atom stereocenters. The van der Waals surface area contributed by atoms with E-state index < -0.39 is 11.9 Å². The van der Waals surface area contributed by atoms with Crippen molar-refractivity contribution >= 4 is 17.7 Å². The van der Waals surface area contributed by atoms with Crippen LogP contribution in [0.1, 0.15) is 64.7 Å². The van der Waals surface area contributed by atoms with Crippen LogP contribution in [0, 0.1) is 23.2 Å². The number of nitrogens with two attached hydrogens (primary N) is 2. The van der Waals surface area contributed by atoms with E-state index in [2.05, 4.69) is 22.9 Å². The van der Waals surface area contributed by atoms with Crippen molar-refractivity contribution in [1.29, 1.82) is 0 Å². The fourth-order valence-electron chi connectivity index (χ4n) is 6.33. The summed E-state index contributed by atoms with van der Waals surface area (Å²) < 4.78 is 0. The third-order valence-corrected chi connectivity index (χ3v) is 7.56. The van der Waals surface area contributed by atoms with Crippen LogP contribution in [0.4, 0.5) is 0 Å². The molecule has 4 fully saturated rings. The van der Waals surface area contributed by atoms with Crippen molar-refractivity contribution in [3.05, 3.63) is 0 Å². The first-order chi connectivity index (χ1) is 14.3. The highest BCUT2D eigenvalue weighted by molar-refractivity contribution is 5.89. The minimum absolute atomic E-state index is 0.0754. The van der Waals surface area contributed by atoms with Gasteiger partial charge in [0.05, 0.1) is 19.1 Å². The summed E-state index contributed by atoms with van der Waals surface area (Å²) in [6, 6.07) is -0.518. The molecule has 2 atom stereocenters. The Morgan fingerprint density at radius 1 is 0.933 bits per heavy atom. The van der Waals surface area contributed by atoms with Crippen molar-refractivity contribution < 1.29 is 14.4 Å². The first-order valence-corrected chi connectivity index (χ1v) is 11.6. The zero-order valence-electron chi connectivity index (χ0n) is 18.3. The molecule has 0 heterocycles. The summed E-state index contributed by atoms with van der Waals surface area (Å²) in [4.78, 5) is 36.3. The van der Waals surface area contributed by atoms with E-state index in [1.54, 1.807) is 0 Å². The second-order valence-electron chi connectivity index (χ2n) is 9.95. The summed E-state index contributed by atoms with van der Waals surface area (Å²) in [6.07, 6.45) is 9.93. The highest BCUT2D eigenvalue weighted by Crippen LogP contribution is 2.61. The number of carbonyl (C=O) groups is 3. The topological polar surface area (TPSA) is 139 Å². The van der Waals surface area contributed by atoms with Gasteiger partial charge in [0.1, 0.15) is 0 Å². The molecule has 4 aliphatic rings. The van der Waals surface area contributed by atoms with Crippen LogP contribution in [0.2, 0.25) is 0 Å². The fourth-order valence-corrected chi connectivity index (χ4v) is 6.33. The predicted octanol–water partition coefficient (Wildman–Crippen LogP) is 0.396. The Bertz CT molecular complexity index is 603. The lowest BCUT2D eigenvalue weighted by Gasteiger charge is -2.59. The maximum atomic E-state index is 12.4. The first kappa shape index (κ1) is 23.0. The van der Waals surface area contributed by atoms with Crippen molar-refractivity contribution in [2.45, 2.75) is 76.8 Å². The van der Waals surface area contributed by atoms with Crippen LogP contribution in [-0.4, -0.2) is 49.4 Å². The number of hydrogen-bond acceptors (Lipinski definition) is 5. The van der Waals surface area contributed by atoms with Gasteiger partial charge < -0.3 is 27.4 Å². The van der Waals surface area contributed by atoms with Gasteiger partial charge in [-0.15, -0.1) is 0 Å². The maximum absolute atomic E-state index is 12.4. The summed E-state index contributed by atoms with van der Waals surface area (Å²) in [6.45, 7) is 2.44. The number of hydrogen-bond donors (Lipinski definition) is 5. The molecule has 0 aromatic rings. The van der Waals surface area contributed by atoms with Crippen LogP contribution < -0.4 is 27.4 Å². The lowest BCUT2D eigenvalue weighted by molar-refractivity contribution is -0.129. The van der Waals surface area contributed by atoms with Crippen LogP contribution in [0.5, 0.6) is 0 Å². The van der Waals surface area contributed by atoms with E-state index in [0.29, 0.717) is 13.0 Å². The predicted molar refractivity (Wildman–Crippen MR) is 115 cm³/mol. The molecule has 0 aromatic carbocycles. The molecule has 0 aromatic heterocycles. The number of nitrogens with one attached hydrogen (secondary N) is 3. The molecular weight excluding hydrogens is 382 g/mol. The van der Waals surface area contributed by atoms with E-state index in [4.69, 9.17) is 11.5 Å². The van der Waals surface area contributed by atoms with Gasteiger partial charge in [0, 0.05) is 6.04 Å². The van der Waals surface area contributed by atoms with Crippen LogP contribution in [0.25, 0.3) is 0 Å². The second-order valence-corrected chi connectivity index (χ2v) is 9.95. The molecule has 0 saturated heterocycles. The monoisotopic (exact) mass is 421 g/mol. The smallest absolute Gasteiger partial charge is 0.239 e. The molecule has 0 aliphatic heterocycles. The SMILES string of the molecule is CC(NC(=O)CNC(=O)CNC(=O)[C@@H](N)CCCCN)C12CC3CC(CC(C3)C1)C2. The van der Waals surface area contributed by atoms with Crippen molar-refractivity contribution in [2.75, 3.05) is 19.6 Å². The normalized spacial score (nSPS) is 31.1. The highest BCUT2D eigenvalue weighted by atomic mass is 16.2. The Kier molecular flexibility index (Phi) is 7.74. The molecule has 0 spiro atoms. The van der Waals surface area contributed by atoms with Crippen LogP contribution in [0.3, 0.4) is 0 Å². The average molecular weight is 422 g/mol. The molecule has 4 rings (SSSR count). The average Bonchev–Trinajstić information content (AvgIpc) is 2.69. The Hall–Kier alpha value is -1.67. The van der Waals surface area contributed by atoms with Crippen molar-refractivity contribution in [1.82, 2.24) is 16.0 Å². The summed E-state index contributed by atoms with van der Waals surface area (Å²) in [7, 11) is 0. The van der Waals surface area contributed by atoms with E-state index in [0.717, 1.165) is 30.6 Å². The zero-order chi connectivity index (χ0) is 21.7. The van der Waals surface area contributed by atoms with Gasteiger partial charge in [0.2, 0.25) is 17.7 Å². The Morgan fingerprint density at radius 2 is 1.50 bits per heavy atom. The molecule has 8 nitrogen and oxygen atoms in total. The Labute approximate surface area is 179 Å². The van der Waals surface area contributed by atoms with Crippen LogP contribution >= 0.6 is 0 Å². The number of amides is 3. The van der Waals surface area contributed by atoms with Gasteiger partial charge in [0.25, 0.3) is 0 Å². The molecule has 8 heteroatoms. The third kappa shape index (κ3) is 5.72. The molecule has 3 amide bonds. The standard InChI is InChI=1S/C22H39N5O3/c1-14(22-9-15-6-16(10-22)8-17(7-15)11-22)27-20(29)13-25-19(28)12-26-21(30)18(24)4-2-3-5-23/h14-18H,2-13,23-24H2,1H3,(H,25,28)(H,26,30)(H,27,29)/t14?,15?,16?,17?,18-,22?/m0/s1. The molecular formula is C22H39N5O3. The van der Waals surface area contributed by atoms with E-state index in [1.807, 2.05) is 0 Å². The van der Waals surface area contributed by atoms with Gasteiger partial charge in [-0.2, -0.15) is 0 Å². The van der Waals surface area contributed by atoms with Gasteiger partial charge in [0.15, 0.2) is 0 Å². The number of rotatable bonds is 11. The molecule has 30 heavy (non-hydrogen) atoms. The summed E-state index contributed by atoms with van der Waals surface area (Å²) in [5.74, 6) is 1.58. The first-order valence-electron chi connectivity index (χ1n) is 11.6. The van der Waals surface area contributed by atoms with Crippen LogP contribution in [0.15, 0.2) is 0 Å². The van der Waals surface area contributed by atoms with Gasteiger partial charge in [-0.05, 0) is 88.0 Å². The highest BCUT2D eigenvalue weighted by Gasteiger charge is 2.53. The fraction of sp³-hybridized carbons (Fsp3) is 0.864. The zero-order valence-corrected chi connectivity index (χ0v) is 18.3. The molecule has 4 saturated carbocycles. The number of carbonyl (C=O) groups excluding carboxylic acids is 3. The Balaban J connectivity index is 1.34. The van der Waals surface area contributed by atoms with E-state index in [-0.39, 0.29) is 36.4 Å². The van der Waals surface area contributed by atoms with Crippen molar-refractivity contribution in [3.8, 4) is 0 Å². The van der Waals surface area contributed by atoms with Gasteiger partial charge in [-0.3, -0.25) is 14.4 Å². The maximum Gasteiger partial charge on any atom is 0.239 e. The van der Waals surface area contributed by atoms with E-state index in [1.165, 1.54) is 38.5 Å². The van der Waals surface area contributed by atoms with Gasteiger partial charge in [-0.1, -0.05) is 6.42 Å². The molecule has 0 radical (unpaired) electrons. The van der Waals surface area contributed by atoms with Crippen molar-refractivity contribution in [3.63, 3.8) is 0 Å². The molecule has 4 aliphatic carbocycles. The van der Waals surface area contributed by atoms with Gasteiger partial charge >= 0.3 is 0 Å². The number of unbranched alkanes of at least 4 members (excludes halogenated alkanes) is 1. The summed E-state index contributed by atoms with van der Waals surface area (Å²) in [5, 5.41) is 8.24. The Morgan fingerprint density at radius 3 is 2.07 bits per heavy atom. The molecule has 4 bridgehead atoms. The summed E-state index contributed by atoms with van der Waals surface area (Å²) >= 11 is 0. The van der Waals surface area contributed by atoms with Crippen molar-refractivity contribution in [2.24, 2.45) is 34.6 Å². The van der Waals surface area contributed by atoms with Gasteiger partial charge in [-0.25, -0.2) is 0 Å². The largest absolute Gasteiger partial charge is 0.352 e. The lowest BCUT2D eigenvalue weighted by Crippen LogP contribution is -2.56. The molecule has 170 valence electrons. The van der Waals surface area contributed by atoms with Crippen LogP contribution in [-0.2, 0) is 14.4 Å². The van der Waals surface area contributed by atoms with E-state index >= 15 is 0 Å². The summed E-state index contributed by atoms with van der Waals surface area (Å²) in [5.41, 5.74) is 11.5. The quantitative estimate of drug-likeness (QED) is 0.307. The van der Waals surface area contributed by atoms with E-state index in [9.17, 15) is 14.4 Å². The third-order valence-electron chi connectivity index (χ3n) is 7.56. The molecule has 7 N–H and O–H groups in total. The lowest BCUT2D eigenvalue weighted by atomic mass is 9.48.